The van der Waals surface area contributed by atoms with Gasteiger partial charge in [-0.15, -0.1) is 10.2 Å². The number of anilines is 1. The first-order chi connectivity index (χ1) is 13.2. The number of hydrogen-bond acceptors (Lipinski definition) is 5. The zero-order valence-corrected chi connectivity index (χ0v) is 16.2. The van der Waals surface area contributed by atoms with Crippen LogP contribution in [-0.4, -0.2) is 41.9 Å². The van der Waals surface area contributed by atoms with Crippen LogP contribution < -0.4 is 10.6 Å². The van der Waals surface area contributed by atoms with Crippen molar-refractivity contribution in [3.05, 3.63) is 52.7 Å². The van der Waals surface area contributed by atoms with Crippen molar-refractivity contribution in [3.63, 3.8) is 0 Å². The number of ether oxygens (including phenoxy) is 1. The Hall–Kier alpha value is -2.18. The first-order valence-electron chi connectivity index (χ1n) is 9.37. The van der Waals surface area contributed by atoms with E-state index in [1.807, 2.05) is 24.3 Å². The fourth-order valence-electron chi connectivity index (χ4n) is 3.11. The molecule has 1 fully saturated rings. The lowest BCUT2D eigenvalue weighted by Gasteiger charge is -2.22. The van der Waals surface area contributed by atoms with E-state index in [2.05, 4.69) is 27.8 Å². The predicted molar refractivity (Wildman–Crippen MR) is 106 cm³/mol. The summed E-state index contributed by atoms with van der Waals surface area (Å²) < 4.78 is 5.30. The molecular formula is C20H25ClN4O2. The minimum Gasteiger partial charge on any atom is -0.381 e. The average Bonchev–Trinajstić information content (AvgIpc) is 2.71. The number of carbonyl (C=O) groups is 1. The summed E-state index contributed by atoms with van der Waals surface area (Å²) >= 11 is 5.96. The largest absolute Gasteiger partial charge is 0.381 e. The van der Waals surface area contributed by atoms with E-state index in [0.29, 0.717) is 30.6 Å². The van der Waals surface area contributed by atoms with Crippen LogP contribution in [-0.2, 0) is 4.74 Å². The van der Waals surface area contributed by atoms with Gasteiger partial charge in [-0.05, 0) is 49.1 Å². The summed E-state index contributed by atoms with van der Waals surface area (Å²) in [4.78, 5) is 12.3. The van der Waals surface area contributed by atoms with Gasteiger partial charge in [-0.2, -0.15) is 0 Å². The minimum absolute atomic E-state index is 0.149. The molecule has 1 unspecified atom stereocenters. The second-order valence-electron chi connectivity index (χ2n) is 6.70. The van der Waals surface area contributed by atoms with E-state index in [9.17, 15) is 4.79 Å². The maximum atomic E-state index is 12.3. The van der Waals surface area contributed by atoms with Crippen molar-refractivity contribution >= 4 is 23.3 Å². The lowest BCUT2D eigenvalue weighted by molar-refractivity contribution is 0.0693. The molecule has 1 aromatic carbocycles. The van der Waals surface area contributed by atoms with Crippen LogP contribution in [0.3, 0.4) is 0 Å². The first kappa shape index (κ1) is 19.6. The van der Waals surface area contributed by atoms with Crippen LogP contribution in [0.4, 0.5) is 5.82 Å². The second kappa shape index (κ2) is 9.67. The van der Waals surface area contributed by atoms with Gasteiger partial charge in [0.1, 0.15) is 5.82 Å². The molecule has 1 aromatic heterocycles. The van der Waals surface area contributed by atoms with E-state index in [0.717, 1.165) is 30.8 Å². The number of halogens is 1. The third kappa shape index (κ3) is 5.65. The van der Waals surface area contributed by atoms with Crippen LogP contribution >= 0.6 is 11.6 Å². The van der Waals surface area contributed by atoms with Crippen molar-refractivity contribution in [3.8, 4) is 0 Å². The van der Waals surface area contributed by atoms with Gasteiger partial charge in [0.15, 0.2) is 5.69 Å². The Morgan fingerprint density at radius 3 is 2.56 bits per heavy atom. The van der Waals surface area contributed by atoms with Crippen LogP contribution in [0.1, 0.15) is 48.2 Å². The molecule has 1 aliphatic heterocycles. The highest BCUT2D eigenvalue weighted by molar-refractivity contribution is 6.30. The molecule has 2 aromatic rings. The Morgan fingerprint density at radius 2 is 1.93 bits per heavy atom. The van der Waals surface area contributed by atoms with Crippen LogP contribution in [0, 0.1) is 0 Å². The molecule has 0 aliphatic carbocycles. The number of amides is 1. The van der Waals surface area contributed by atoms with Crippen LogP contribution in [0.2, 0.25) is 5.02 Å². The molecule has 27 heavy (non-hydrogen) atoms. The van der Waals surface area contributed by atoms with E-state index in [1.54, 1.807) is 12.1 Å². The summed E-state index contributed by atoms with van der Waals surface area (Å²) in [5.41, 5.74) is 1.56. The maximum Gasteiger partial charge on any atom is 0.272 e. The fraction of sp³-hybridized carbons (Fsp3) is 0.450. The number of nitrogens with one attached hydrogen (secondary N) is 2. The Morgan fingerprint density at radius 1 is 1.19 bits per heavy atom. The Bertz CT molecular complexity index is 731. The van der Waals surface area contributed by atoms with Crippen molar-refractivity contribution in [1.82, 2.24) is 15.5 Å². The SMILES string of the molecule is CCC(CNc1ccc(C(=O)NC2CCOCC2)nn1)c1ccc(Cl)cc1. The van der Waals surface area contributed by atoms with Gasteiger partial charge in [-0.1, -0.05) is 30.7 Å². The normalized spacial score (nSPS) is 15.9. The molecule has 0 radical (unpaired) electrons. The van der Waals surface area contributed by atoms with Gasteiger partial charge in [0.05, 0.1) is 0 Å². The molecule has 1 aliphatic rings. The van der Waals surface area contributed by atoms with E-state index in [1.165, 1.54) is 5.56 Å². The number of benzene rings is 1. The molecule has 0 spiro atoms. The quantitative estimate of drug-likeness (QED) is 0.757. The van der Waals surface area contributed by atoms with Crippen molar-refractivity contribution in [1.29, 1.82) is 0 Å². The molecule has 1 saturated heterocycles. The molecule has 1 amide bonds. The van der Waals surface area contributed by atoms with Crippen LogP contribution in [0.25, 0.3) is 0 Å². The monoisotopic (exact) mass is 388 g/mol. The van der Waals surface area contributed by atoms with Gasteiger partial charge in [0.25, 0.3) is 5.91 Å². The highest BCUT2D eigenvalue weighted by atomic mass is 35.5. The maximum absolute atomic E-state index is 12.3. The van der Waals surface area contributed by atoms with Gasteiger partial charge in [-0.25, -0.2) is 0 Å². The van der Waals surface area contributed by atoms with E-state index >= 15 is 0 Å². The predicted octanol–water partition coefficient (Wildman–Crippen LogP) is 3.64. The number of rotatable bonds is 7. The van der Waals surface area contributed by atoms with Crippen LogP contribution in [0.15, 0.2) is 36.4 Å². The molecule has 144 valence electrons. The van der Waals surface area contributed by atoms with Gasteiger partial charge >= 0.3 is 0 Å². The first-order valence-corrected chi connectivity index (χ1v) is 9.75. The fourth-order valence-corrected chi connectivity index (χ4v) is 3.24. The van der Waals surface area contributed by atoms with Gasteiger partial charge in [-0.3, -0.25) is 4.79 Å². The molecule has 3 rings (SSSR count). The second-order valence-corrected chi connectivity index (χ2v) is 7.14. The summed E-state index contributed by atoms with van der Waals surface area (Å²) in [5.74, 6) is 0.819. The molecular weight excluding hydrogens is 364 g/mol. The van der Waals surface area contributed by atoms with E-state index in [4.69, 9.17) is 16.3 Å². The summed E-state index contributed by atoms with van der Waals surface area (Å²) in [5, 5.41) is 15.2. The van der Waals surface area contributed by atoms with E-state index < -0.39 is 0 Å². The third-order valence-corrected chi connectivity index (χ3v) is 5.07. The molecule has 7 heteroatoms. The number of aromatic nitrogens is 2. The minimum atomic E-state index is -0.187. The van der Waals surface area contributed by atoms with Gasteiger partial charge < -0.3 is 15.4 Å². The summed E-state index contributed by atoms with van der Waals surface area (Å²) in [7, 11) is 0. The lowest BCUT2D eigenvalue weighted by Crippen LogP contribution is -2.39. The van der Waals surface area contributed by atoms with Crippen LogP contribution in [0.5, 0.6) is 0 Å². The number of carbonyl (C=O) groups excluding carboxylic acids is 1. The summed E-state index contributed by atoms with van der Waals surface area (Å²) in [6.07, 6.45) is 2.66. The van der Waals surface area contributed by atoms with Gasteiger partial charge in [0, 0.05) is 36.7 Å². The van der Waals surface area contributed by atoms with E-state index in [-0.39, 0.29) is 11.9 Å². The van der Waals surface area contributed by atoms with Crippen molar-refractivity contribution < 1.29 is 9.53 Å². The standard InChI is InChI=1S/C20H25ClN4O2/c1-2-14(15-3-5-16(21)6-4-15)13-22-19-8-7-18(24-25-19)20(26)23-17-9-11-27-12-10-17/h3-8,14,17H,2,9-13H2,1H3,(H,22,25)(H,23,26). The molecule has 6 nitrogen and oxygen atoms in total. The molecule has 2 heterocycles. The zero-order valence-electron chi connectivity index (χ0n) is 15.5. The summed E-state index contributed by atoms with van der Waals surface area (Å²) in [6, 6.07) is 11.6. The highest BCUT2D eigenvalue weighted by Gasteiger charge is 2.18. The topological polar surface area (TPSA) is 76.1 Å². The number of hydrogen-bond donors (Lipinski definition) is 2. The summed E-state index contributed by atoms with van der Waals surface area (Å²) in [6.45, 7) is 4.26. The highest BCUT2D eigenvalue weighted by Crippen LogP contribution is 2.22. The third-order valence-electron chi connectivity index (χ3n) is 4.82. The zero-order chi connectivity index (χ0) is 19.1. The van der Waals surface area contributed by atoms with Crippen molar-refractivity contribution in [2.75, 3.05) is 25.1 Å². The lowest BCUT2D eigenvalue weighted by atomic mass is 9.96. The molecule has 0 bridgehead atoms. The molecule has 0 saturated carbocycles. The Kier molecular flexibility index (Phi) is 7.01. The molecule has 2 N–H and O–H groups in total. The van der Waals surface area contributed by atoms with Crippen molar-refractivity contribution in [2.24, 2.45) is 0 Å². The molecule has 1 atom stereocenters. The Labute approximate surface area is 164 Å². The van der Waals surface area contributed by atoms with Gasteiger partial charge in [0.2, 0.25) is 0 Å². The number of nitrogens with zero attached hydrogens (tertiary/aromatic N) is 2. The average molecular weight is 389 g/mol. The van der Waals surface area contributed by atoms with Crippen molar-refractivity contribution in [2.45, 2.75) is 38.1 Å². The Balaban J connectivity index is 1.53. The smallest absolute Gasteiger partial charge is 0.272 e.